The number of nitrogens with one attached hydrogen (secondary N) is 2. The zero-order valence-corrected chi connectivity index (χ0v) is 16.8. The lowest BCUT2D eigenvalue weighted by atomic mass is 10.0. The summed E-state index contributed by atoms with van der Waals surface area (Å²) in [6.45, 7) is 4.01. The molecule has 2 N–H and O–H groups in total. The minimum Gasteiger partial charge on any atom is -0.321 e. The normalized spacial score (nSPS) is 13.2. The van der Waals surface area contributed by atoms with E-state index in [1.165, 1.54) is 11.1 Å². The second kappa shape index (κ2) is 7.91. The molecule has 0 spiro atoms. The Labute approximate surface area is 172 Å². The maximum Gasteiger partial charge on any atom is 0.278 e. The van der Waals surface area contributed by atoms with Gasteiger partial charge in [0, 0.05) is 12.2 Å². The van der Waals surface area contributed by atoms with Gasteiger partial charge in [0.2, 0.25) is 0 Å². The molecule has 1 aliphatic rings. The molecule has 0 atom stereocenters. The van der Waals surface area contributed by atoms with Crippen molar-refractivity contribution in [3.8, 4) is 0 Å². The van der Waals surface area contributed by atoms with Crippen LogP contribution in [0.25, 0.3) is 0 Å². The van der Waals surface area contributed by atoms with E-state index in [1.807, 2.05) is 37.3 Å². The summed E-state index contributed by atoms with van der Waals surface area (Å²) in [4.78, 5) is 12.7. The van der Waals surface area contributed by atoms with Crippen molar-refractivity contribution in [1.29, 1.82) is 0 Å². The van der Waals surface area contributed by atoms with Gasteiger partial charge in [0.15, 0.2) is 5.69 Å². The molecule has 0 aliphatic carbocycles. The van der Waals surface area contributed by atoms with Crippen molar-refractivity contribution in [3.05, 3.63) is 74.5 Å². The molecule has 1 aliphatic heterocycles. The summed E-state index contributed by atoms with van der Waals surface area (Å²) in [5.41, 5.74) is 5.06. The fourth-order valence-corrected chi connectivity index (χ4v) is 3.68. The second-order valence-corrected chi connectivity index (χ2v) is 7.54. The standard InChI is InChI=1S/C20H19Cl2N5O/c1-12-19(25-26-27(12)11-15-3-2-4-17(21)18(15)22)20(28)24-16-6-5-14-10-23-8-7-13(14)9-16/h2-6,9,23H,7-8,10-11H2,1H3,(H,24,28). The first kappa shape index (κ1) is 18.9. The van der Waals surface area contributed by atoms with Gasteiger partial charge in [0.1, 0.15) is 0 Å². The van der Waals surface area contributed by atoms with Crippen molar-refractivity contribution >= 4 is 34.8 Å². The van der Waals surface area contributed by atoms with E-state index in [9.17, 15) is 4.79 Å². The van der Waals surface area contributed by atoms with E-state index in [0.717, 1.165) is 30.8 Å². The van der Waals surface area contributed by atoms with Crippen LogP contribution in [0, 0.1) is 6.92 Å². The Morgan fingerprint density at radius 3 is 2.96 bits per heavy atom. The quantitative estimate of drug-likeness (QED) is 0.678. The monoisotopic (exact) mass is 415 g/mol. The molecule has 144 valence electrons. The summed E-state index contributed by atoms with van der Waals surface area (Å²) >= 11 is 12.3. The van der Waals surface area contributed by atoms with Gasteiger partial charge in [-0.2, -0.15) is 0 Å². The molecule has 4 rings (SSSR count). The van der Waals surface area contributed by atoms with Crippen molar-refractivity contribution in [2.75, 3.05) is 11.9 Å². The molecule has 0 unspecified atom stereocenters. The summed E-state index contributed by atoms with van der Waals surface area (Å²) in [5, 5.41) is 15.4. The van der Waals surface area contributed by atoms with Crippen molar-refractivity contribution in [3.63, 3.8) is 0 Å². The van der Waals surface area contributed by atoms with Crippen LogP contribution in [0.15, 0.2) is 36.4 Å². The van der Waals surface area contributed by atoms with E-state index in [2.05, 4.69) is 20.9 Å². The smallest absolute Gasteiger partial charge is 0.278 e. The Morgan fingerprint density at radius 1 is 1.25 bits per heavy atom. The van der Waals surface area contributed by atoms with Gasteiger partial charge in [-0.05, 0) is 54.8 Å². The second-order valence-electron chi connectivity index (χ2n) is 6.76. The highest BCUT2D eigenvalue weighted by Gasteiger charge is 2.18. The van der Waals surface area contributed by atoms with Crippen LogP contribution in [0.4, 0.5) is 5.69 Å². The molecule has 28 heavy (non-hydrogen) atoms. The lowest BCUT2D eigenvalue weighted by molar-refractivity contribution is 0.102. The molecule has 2 heterocycles. The number of benzene rings is 2. The third-order valence-corrected chi connectivity index (χ3v) is 5.76. The van der Waals surface area contributed by atoms with Gasteiger partial charge in [-0.15, -0.1) is 5.10 Å². The van der Waals surface area contributed by atoms with Gasteiger partial charge < -0.3 is 10.6 Å². The van der Waals surface area contributed by atoms with E-state index in [0.29, 0.717) is 22.3 Å². The number of aromatic nitrogens is 3. The summed E-state index contributed by atoms with van der Waals surface area (Å²) in [6.07, 6.45) is 0.953. The maximum absolute atomic E-state index is 12.7. The highest BCUT2D eigenvalue weighted by molar-refractivity contribution is 6.42. The minimum atomic E-state index is -0.283. The van der Waals surface area contributed by atoms with Crippen LogP contribution in [-0.2, 0) is 19.5 Å². The Balaban J connectivity index is 1.52. The summed E-state index contributed by atoms with van der Waals surface area (Å²) in [6, 6.07) is 11.4. The first-order chi connectivity index (χ1) is 13.5. The van der Waals surface area contributed by atoms with Crippen LogP contribution in [0.5, 0.6) is 0 Å². The number of hydrogen-bond acceptors (Lipinski definition) is 4. The first-order valence-electron chi connectivity index (χ1n) is 9.00. The molecular weight excluding hydrogens is 397 g/mol. The van der Waals surface area contributed by atoms with Crippen LogP contribution in [0.2, 0.25) is 10.0 Å². The van der Waals surface area contributed by atoms with Crippen molar-refractivity contribution in [2.24, 2.45) is 0 Å². The van der Waals surface area contributed by atoms with E-state index in [1.54, 1.807) is 10.7 Å². The maximum atomic E-state index is 12.7. The molecule has 0 saturated heterocycles. The minimum absolute atomic E-state index is 0.283. The Hall–Kier alpha value is -2.41. The van der Waals surface area contributed by atoms with Gasteiger partial charge in [-0.1, -0.05) is 46.6 Å². The zero-order chi connectivity index (χ0) is 19.7. The van der Waals surface area contributed by atoms with Gasteiger partial charge in [-0.25, -0.2) is 4.68 Å². The van der Waals surface area contributed by atoms with Crippen LogP contribution in [0.3, 0.4) is 0 Å². The first-order valence-corrected chi connectivity index (χ1v) is 9.75. The molecule has 2 aromatic carbocycles. The predicted octanol–water partition coefficient (Wildman–Crippen LogP) is 3.84. The van der Waals surface area contributed by atoms with Crippen LogP contribution < -0.4 is 10.6 Å². The molecule has 1 amide bonds. The summed E-state index contributed by atoms with van der Waals surface area (Å²) < 4.78 is 1.64. The SMILES string of the molecule is Cc1c(C(=O)Nc2ccc3c(c2)CCNC3)nnn1Cc1cccc(Cl)c1Cl. The van der Waals surface area contributed by atoms with Gasteiger partial charge in [-0.3, -0.25) is 4.79 Å². The van der Waals surface area contributed by atoms with Crippen LogP contribution >= 0.6 is 23.2 Å². The molecule has 0 fully saturated rings. The Bertz CT molecular complexity index is 1050. The van der Waals surface area contributed by atoms with Crippen molar-refractivity contribution < 1.29 is 4.79 Å². The summed E-state index contributed by atoms with van der Waals surface area (Å²) in [5.74, 6) is -0.283. The third kappa shape index (κ3) is 3.76. The lowest BCUT2D eigenvalue weighted by Crippen LogP contribution is -2.23. The molecule has 0 bridgehead atoms. The molecular formula is C20H19Cl2N5O. The molecule has 0 radical (unpaired) electrons. The molecule has 0 saturated carbocycles. The highest BCUT2D eigenvalue weighted by Crippen LogP contribution is 2.26. The molecule has 6 nitrogen and oxygen atoms in total. The van der Waals surface area contributed by atoms with Crippen molar-refractivity contribution in [2.45, 2.75) is 26.4 Å². The molecule has 8 heteroatoms. The number of fused-ring (bicyclic) bond motifs is 1. The van der Waals surface area contributed by atoms with E-state index in [4.69, 9.17) is 23.2 Å². The molecule has 3 aromatic rings. The predicted molar refractivity (Wildman–Crippen MR) is 110 cm³/mol. The number of halogens is 2. The van der Waals surface area contributed by atoms with E-state index >= 15 is 0 Å². The Morgan fingerprint density at radius 2 is 2.11 bits per heavy atom. The number of carbonyl (C=O) groups is 1. The van der Waals surface area contributed by atoms with Crippen LogP contribution in [0.1, 0.15) is 32.9 Å². The van der Waals surface area contributed by atoms with Crippen molar-refractivity contribution in [1.82, 2.24) is 20.3 Å². The fourth-order valence-electron chi connectivity index (χ4n) is 3.30. The highest BCUT2D eigenvalue weighted by atomic mass is 35.5. The number of nitrogens with zero attached hydrogens (tertiary/aromatic N) is 3. The van der Waals surface area contributed by atoms with Gasteiger partial charge in [0.25, 0.3) is 5.91 Å². The van der Waals surface area contributed by atoms with Gasteiger partial charge >= 0.3 is 0 Å². The largest absolute Gasteiger partial charge is 0.321 e. The average Bonchev–Trinajstić information content (AvgIpc) is 3.06. The number of hydrogen-bond donors (Lipinski definition) is 2. The fraction of sp³-hybridized carbons (Fsp3) is 0.250. The number of rotatable bonds is 4. The van der Waals surface area contributed by atoms with Gasteiger partial charge in [0.05, 0.1) is 22.3 Å². The van der Waals surface area contributed by atoms with E-state index in [-0.39, 0.29) is 11.6 Å². The number of carbonyl (C=O) groups excluding carboxylic acids is 1. The zero-order valence-electron chi connectivity index (χ0n) is 15.3. The topological polar surface area (TPSA) is 71.8 Å². The average molecular weight is 416 g/mol. The summed E-state index contributed by atoms with van der Waals surface area (Å²) in [7, 11) is 0. The van der Waals surface area contributed by atoms with Crippen LogP contribution in [-0.4, -0.2) is 27.4 Å². The Kier molecular flexibility index (Phi) is 5.35. The van der Waals surface area contributed by atoms with E-state index < -0.39 is 0 Å². The lowest BCUT2D eigenvalue weighted by Gasteiger charge is -2.18. The number of anilines is 1. The molecule has 1 aromatic heterocycles. The third-order valence-electron chi connectivity index (χ3n) is 4.90. The number of amides is 1.